The molecule has 1 saturated carbocycles. The average molecular weight is 250 g/mol. The van der Waals surface area contributed by atoms with Gasteiger partial charge in [-0.15, -0.1) is 0 Å². The van der Waals surface area contributed by atoms with Gasteiger partial charge in [0, 0.05) is 13.0 Å². The molecule has 1 aliphatic rings. The van der Waals surface area contributed by atoms with E-state index in [1.165, 1.54) is 19.3 Å². The highest BCUT2D eigenvalue weighted by Crippen LogP contribution is 2.34. The van der Waals surface area contributed by atoms with Gasteiger partial charge in [0.1, 0.15) is 12.2 Å². The number of hydrogen-bond acceptors (Lipinski definition) is 3. The molecule has 1 fully saturated rings. The number of rotatable bonds is 5. The van der Waals surface area contributed by atoms with E-state index in [4.69, 9.17) is 5.73 Å². The highest BCUT2D eigenvalue weighted by Gasteiger charge is 2.28. The average Bonchev–Trinajstić information content (AvgIpc) is 2.78. The highest BCUT2D eigenvalue weighted by molar-refractivity contribution is 4.91. The number of aromatic nitrogens is 3. The van der Waals surface area contributed by atoms with Crippen LogP contribution in [0.3, 0.4) is 0 Å². The monoisotopic (exact) mass is 250 g/mol. The maximum atomic E-state index is 5.92. The summed E-state index contributed by atoms with van der Waals surface area (Å²) in [6.07, 6.45) is 7.75. The van der Waals surface area contributed by atoms with Crippen LogP contribution in [0.1, 0.15) is 45.4 Å². The van der Waals surface area contributed by atoms with E-state index in [9.17, 15) is 0 Å². The minimum atomic E-state index is 0.674. The predicted molar refractivity (Wildman–Crippen MR) is 73.1 cm³/mol. The third kappa shape index (κ3) is 3.10. The zero-order valence-corrected chi connectivity index (χ0v) is 11.7. The minimum Gasteiger partial charge on any atom is -0.330 e. The molecule has 1 aromatic heterocycles. The van der Waals surface area contributed by atoms with E-state index < -0.39 is 0 Å². The topological polar surface area (TPSA) is 56.7 Å². The second kappa shape index (κ2) is 6.32. The van der Waals surface area contributed by atoms with Crippen molar-refractivity contribution in [2.45, 2.75) is 52.5 Å². The van der Waals surface area contributed by atoms with Crippen LogP contribution in [0.4, 0.5) is 0 Å². The third-order valence-corrected chi connectivity index (χ3v) is 4.28. The van der Waals surface area contributed by atoms with E-state index >= 15 is 0 Å². The summed E-state index contributed by atoms with van der Waals surface area (Å²) in [6, 6.07) is 0. The van der Waals surface area contributed by atoms with Crippen LogP contribution in [0.5, 0.6) is 0 Å². The van der Waals surface area contributed by atoms with Crippen LogP contribution in [0.25, 0.3) is 0 Å². The van der Waals surface area contributed by atoms with Crippen molar-refractivity contribution in [2.75, 3.05) is 6.54 Å². The van der Waals surface area contributed by atoms with Gasteiger partial charge in [0.05, 0.1) is 0 Å². The molecule has 0 bridgehead atoms. The standard InChI is InChI=1S/C14H26N4/c1-3-6-18-14(16-10-17-18)8-13-7-11(2)4-5-12(13)9-15/h10-13H,3-9,15H2,1-2H3. The van der Waals surface area contributed by atoms with Gasteiger partial charge in [0.2, 0.25) is 0 Å². The van der Waals surface area contributed by atoms with Crippen molar-refractivity contribution in [1.82, 2.24) is 14.8 Å². The van der Waals surface area contributed by atoms with Gasteiger partial charge in [-0.25, -0.2) is 4.98 Å². The largest absolute Gasteiger partial charge is 0.330 e. The van der Waals surface area contributed by atoms with Crippen molar-refractivity contribution >= 4 is 0 Å². The van der Waals surface area contributed by atoms with Crippen molar-refractivity contribution in [2.24, 2.45) is 23.5 Å². The first-order valence-corrected chi connectivity index (χ1v) is 7.31. The molecule has 102 valence electrons. The molecule has 2 N–H and O–H groups in total. The molecule has 4 heteroatoms. The first kappa shape index (κ1) is 13.5. The molecule has 3 unspecified atom stereocenters. The lowest BCUT2D eigenvalue weighted by molar-refractivity contribution is 0.189. The summed E-state index contributed by atoms with van der Waals surface area (Å²) in [5, 5.41) is 4.32. The second-order valence-corrected chi connectivity index (χ2v) is 5.78. The first-order chi connectivity index (χ1) is 8.74. The molecule has 4 nitrogen and oxygen atoms in total. The van der Waals surface area contributed by atoms with Gasteiger partial charge in [0.15, 0.2) is 0 Å². The number of aryl methyl sites for hydroxylation is 1. The Balaban J connectivity index is 2.03. The van der Waals surface area contributed by atoms with Gasteiger partial charge >= 0.3 is 0 Å². The zero-order valence-electron chi connectivity index (χ0n) is 11.7. The van der Waals surface area contributed by atoms with Crippen molar-refractivity contribution < 1.29 is 0 Å². The zero-order chi connectivity index (χ0) is 13.0. The lowest BCUT2D eigenvalue weighted by atomic mass is 9.73. The van der Waals surface area contributed by atoms with E-state index in [-0.39, 0.29) is 0 Å². The maximum absolute atomic E-state index is 5.92. The molecule has 0 aromatic carbocycles. The van der Waals surface area contributed by atoms with E-state index in [0.717, 1.165) is 37.7 Å². The van der Waals surface area contributed by atoms with Gasteiger partial charge in [-0.1, -0.05) is 20.3 Å². The highest BCUT2D eigenvalue weighted by atomic mass is 15.3. The summed E-state index contributed by atoms with van der Waals surface area (Å²) in [6.45, 7) is 6.33. The van der Waals surface area contributed by atoms with Crippen molar-refractivity contribution in [3.05, 3.63) is 12.2 Å². The first-order valence-electron chi connectivity index (χ1n) is 7.31. The van der Waals surface area contributed by atoms with Crippen LogP contribution in [-0.2, 0) is 13.0 Å². The lowest BCUT2D eigenvalue weighted by Crippen LogP contribution is -2.31. The molecular formula is C14H26N4. The maximum Gasteiger partial charge on any atom is 0.138 e. The van der Waals surface area contributed by atoms with Gasteiger partial charge in [-0.05, 0) is 43.6 Å². The van der Waals surface area contributed by atoms with Crippen molar-refractivity contribution in [1.29, 1.82) is 0 Å². The van der Waals surface area contributed by atoms with E-state index in [1.54, 1.807) is 6.33 Å². The Morgan fingerprint density at radius 1 is 1.39 bits per heavy atom. The number of hydrogen-bond donors (Lipinski definition) is 1. The Bertz CT molecular complexity index is 360. The van der Waals surface area contributed by atoms with Crippen LogP contribution >= 0.6 is 0 Å². The third-order valence-electron chi connectivity index (χ3n) is 4.28. The lowest BCUT2D eigenvalue weighted by Gasteiger charge is -2.34. The summed E-state index contributed by atoms with van der Waals surface area (Å²) < 4.78 is 2.06. The Morgan fingerprint density at radius 3 is 2.94 bits per heavy atom. The SMILES string of the molecule is CCCn1ncnc1CC1CC(C)CCC1CN. The Kier molecular flexibility index (Phi) is 4.75. The Morgan fingerprint density at radius 2 is 2.22 bits per heavy atom. The molecule has 1 aromatic rings. The molecule has 0 aliphatic heterocycles. The van der Waals surface area contributed by atoms with E-state index in [2.05, 4.69) is 28.6 Å². The van der Waals surface area contributed by atoms with Crippen LogP contribution in [0.2, 0.25) is 0 Å². The smallest absolute Gasteiger partial charge is 0.138 e. The van der Waals surface area contributed by atoms with Crippen LogP contribution in [0.15, 0.2) is 6.33 Å². The molecule has 18 heavy (non-hydrogen) atoms. The fourth-order valence-corrected chi connectivity index (χ4v) is 3.20. The molecule has 2 rings (SSSR count). The van der Waals surface area contributed by atoms with Crippen molar-refractivity contribution in [3.63, 3.8) is 0 Å². The Hall–Kier alpha value is -0.900. The number of nitrogens with zero attached hydrogens (tertiary/aromatic N) is 3. The van der Waals surface area contributed by atoms with Crippen LogP contribution in [-0.4, -0.2) is 21.3 Å². The summed E-state index contributed by atoms with van der Waals surface area (Å²) in [4.78, 5) is 4.43. The minimum absolute atomic E-state index is 0.674. The molecular weight excluding hydrogens is 224 g/mol. The van der Waals surface area contributed by atoms with Gasteiger partial charge in [-0.2, -0.15) is 5.10 Å². The molecule has 0 radical (unpaired) electrons. The van der Waals surface area contributed by atoms with Crippen LogP contribution < -0.4 is 5.73 Å². The van der Waals surface area contributed by atoms with Crippen LogP contribution in [0, 0.1) is 17.8 Å². The van der Waals surface area contributed by atoms with E-state index in [0.29, 0.717) is 11.8 Å². The quantitative estimate of drug-likeness (QED) is 0.872. The molecule has 3 atom stereocenters. The van der Waals surface area contributed by atoms with E-state index in [1.807, 2.05) is 0 Å². The summed E-state index contributed by atoms with van der Waals surface area (Å²) >= 11 is 0. The summed E-state index contributed by atoms with van der Waals surface area (Å²) in [5.74, 6) is 3.35. The normalized spacial score (nSPS) is 28.5. The van der Waals surface area contributed by atoms with Gasteiger partial charge in [0.25, 0.3) is 0 Å². The van der Waals surface area contributed by atoms with Gasteiger partial charge in [-0.3, -0.25) is 4.68 Å². The summed E-state index contributed by atoms with van der Waals surface area (Å²) in [5.41, 5.74) is 5.92. The number of nitrogens with two attached hydrogens (primary N) is 1. The van der Waals surface area contributed by atoms with Gasteiger partial charge < -0.3 is 5.73 Å². The molecule has 0 saturated heterocycles. The molecule has 0 spiro atoms. The fourth-order valence-electron chi connectivity index (χ4n) is 3.20. The molecule has 0 amide bonds. The van der Waals surface area contributed by atoms with Crippen molar-refractivity contribution in [3.8, 4) is 0 Å². The summed E-state index contributed by atoms with van der Waals surface area (Å²) in [7, 11) is 0. The Labute approximate surface area is 110 Å². The molecule has 1 heterocycles. The predicted octanol–water partition coefficient (Wildman–Crippen LogP) is 2.24. The fraction of sp³-hybridized carbons (Fsp3) is 0.857. The molecule has 1 aliphatic carbocycles. The second-order valence-electron chi connectivity index (χ2n) is 5.78.